The molecule has 0 aliphatic carbocycles. The van der Waals surface area contributed by atoms with Gasteiger partial charge in [0.05, 0.1) is 5.56 Å². The third-order valence-electron chi connectivity index (χ3n) is 3.68. The number of nitrogens with one attached hydrogen (secondary N) is 2. The van der Waals surface area contributed by atoms with Gasteiger partial charge in [0.2, 0.25) is 10.0 Å². The van der Waals surface area contributed by atoms with Crippen molar-refractivity contribution in [1.29, 1.82) is 0 Å². The molecule has 1 aliphatic heterocycles. The van der Waals surface area contributed by atoms with E-state index in [1.54, 1.807) is 0 Å². The van der Waals surface area contributed by atoms with Gasteiger partial charge in [-0.3, -0.25) is 0 Å². The molecule has 2 unspecified atom stereocenters. The van der Waals surface area contributed by atoms with Crippen LogP contribution < -0.4 is 10.0 Å². The average Bonchev–Trinajstić information content (AvgIpc) is 2.40. The van der Waals surface area contributed by atoms with Crippen molar-refractivity contribution < 1.29 is 26.0 Å². The summed E-state index contributed by atoms with van der Waals surface area (Å²) in [6.45, 7) is 2.91. The summed E-state index contributed by atoms with van der Waals surface area (Å²) >= 11 is 0. The van der Waals surface area contributed by atoms with Gasteiger partial charge in [-0.25, -0.2) is 17.5 Å². The van der Waals surface area contributed by atoms with E-state index in [2.05, 4.69) is 10.0 Å². The second kappa shape index (κ2) is 6.13. The molecule has 1 aromatic carbocycles. The van der Waals surface area contributed by atoms with E-state index in [4.69, 9.17) is 0 Å². The largest absolute Gasteiger partial charge is 0.416 e. The van der Waals surface area contributed by atoms with Crippen LogP contribution >= 0.6 is 0 Å². The van der Waals surface area contributed by atoms with Gasteiger partial charge >= 0.3 is 6.18 Å². The van der Waals surface area contributed by atoms with Crippen LogP contribution in [0.1, 0.15) is 18.9 Å². The van der Waals surface area contributed by atoms with Gasteiger partial charge in [-0.15, -0.1) is 0 Å². The van der Waals surface area contributed by atoms with E-state index in [1.807, 2.05) is 6.92 Å². The Morgan fingerprint density at radius 2 is 2.00 bits per heavy atom. The molecule has 1 aliphatic rings. The number of piperidine rings is 1. The fraction of sp³-hybridized carbons (Fsp3) is 0.538. The normalized spacial score (nSPS) is 23.5. The van der Waals surface area contributed by atoms with Gasteiger partial charge in [0.15, 0.2) is 0 Å². The Kier molecular flexibility index (Phi) is 4.78. The molecule has 1 fully saturated rings. The molecule has 1 aromatic rings. The number of sulfonamides is 1. The van der Waals surface area contributed by atoms with E-state index in [9.17, 15) is 26.0 Å². The third-order valence-corrected chi connectivity index (χ3v) is 5.19. The minimum Gasteiger partial charge on any atom is -0.315 e. The summed E-state index contributed by atoms with van der Waals surface area (Å²) in [6.07, 6.45) is -4.02. The van der Waals surface area contributed by atoms with Crippen molar-refractivity contribution in [3.8, 4) is 0 Å². The molecule has 22 heavy (non-hydrogen) atoms. The quantitative estimate of drug-likeness (QED) is 0.829. The topological polar surface area (TPSA) is 58.2 Å². The first-order chi connectivity index (χ1) is 10.1. The number of rotatable bonds is 3. The molecule has 4 nitrogen and oxygen atoms in total. The molecule has 0 spiro atoms. The Balaban J connectivity index is 2.32. The lowest BCUT2D eigenvalue weighted by atomic mass is 9.96. The van der Waals surface area contributed by atoms with Gasteiger partial charge in [-0.1, -0.05) is 6.92 Å². The Labute approximate surface area is 126 Å². The fourth-order valence-electron chi connectivity index (χ4n) is 2.30. The van der Waals surface area contributed by atoms with Crippen molar-refractivity contribution >= 4 is 10.0 Å². The highest BCUT2D eigenvalue weighted by molar-refractivity contribution is 7.89. The summed E-state index contributed by atoms with van der Waals surface area (Å²) in [5, 5.41) is 2.99. The summed E-state index contributed by atoms with van der Waals surface area (Å²) in [4.78, 5) is -0.986. The van der Waals surface area contributed by atoms with Crippen molar-refractivity contribution in [2.24, 2.45) is 5.92 Å². The first kappa shape index (κ1) is 17.2. The van der Waals surface area contributed by atoms with Gasteiger partial charge in [-0.05, 0) is 37.1 Å². The molecular formula is C13H16F4N2O2S. The molecule has 0 aromatic heterocycles. The van der Waals surface area contributed by atoms with E-state index in [0.717, 1.165) is 13.0 Å². The van der Waals surface area contributed by atoms with Crippen molar-refractivity contribution in [3.05, 3.63) is 29.6 Å². The van der Waals surface area contributed by atoms with Crippen LogP contribution in [0, 0.1) is 11.7 Å². The highest BCUT2D eigenvalue weighted by Crippen LogP contribution is 2.31. The van der Waals surface area contributed by atoms with Crippen molar-refractivity contribution in [2.75, 3.05) is 13.1 Å². The second-order valence-electron chi connectivity index (χ2n) is 5.34. The maximum Gasteiger partial charge on any atom is 0.416 e. The molecule has 2 N–H and O–H groups in total. The lowest BCUT2D eigenvalue weighted by molar-refractivity contribution is -0.137. The van der Waals surface area contributed by atoms with Crippen LogP contribution in [0.5, 0.6) is 0 Å². The molecule has 0 bridgehead atoms. The first-order valence-electron chi connectivity index (χ1n) is 6.71. The zero-order chi connectivity index (χ0) is 16.5. The minimum atomic E-state index is -4.74. The Hall–Kier alpha value is -1.19. The maximum atomic E-state index is 13.7. The van der Waals surface area contributed by atoms with Crippen LogP contribution in [0.25, 0.3) is 0 Å². The van der Waals surface area contributed by atoms with Gasteiger partial charge < -0.3 is 5.32 Å². The lowest BCUT2D eigenvalue weighted by Gasteiger charge is -2.30. The summed E-state index contributed by atoms with van der Waals surface area (Å²) in [5.41, 5.74) is -1.20. The van der Waals surface area contributed by atoms with Crippen LogP contribution in [0.3, 0.4) is 0 Å². The zero-order valence-electron chi connectivity index (χ0n) is 11.7. The smallest absolute Gasteiger partial charge is 0.315 e. The number of alkyl halides is 3. The van der Waals surface area contributed by atoms with E-state index >= 15 is 0 Å². The summed E-state index contributed by atoms with van der Waals surface area (Å²) in [7, 11) is -4.37. The van der Waals surface area contributed by atoms with Crippen LogP contribution in [0.2, 0.25) is 0 Å². The van der Waals surface area contributed by atoms with E-state index in [1.165, 1.54) is 0 Å². The molecule has 2 rings (SSSR count). The summed E-state index contributed by atoms with van der Waals surface area (Å²) in [5.74, 6) is -1.21. The second-order valence-corrected chi connectivity index (χ2v) is 7.02. The lowest BCUT2D eigenvalue weighted by Crippen LogP contribution is -2.50. The number of benzene rings is 1. The third kappa shape index (κ3) is 3.76. The van der Waals surface area contributed by atoms with Crippen LogP contribution in [0.15, 0.2) is 23.1 Å². The van der Waals surface area contributed by atoms with Crippen LogP contribution in [0.4, 0.5) is 17.6 Å². The zero-order valence-corrected chi connectivity index (χ0v) is 12.6. The molecule has 0 radical (unpaired) electrons. The van der Waals surface area contributed by atoms with Gasteiger partial charge in [0.25, 0.3) is 0 Å². The van der Waals surface area contributed by atoms with Crippen LogP contribution in [-0.4, -0.2) is 27.5 Å². The van der Waals surface area contributed by atoms with E-state index in [0.29, 0.717) is 24.7 Å². The van der Waals surface area contributed by atoms with Crippen molar-refractivity contribution in [3.63, 3.8) is 0 Å². The Bertz CT molecular complexity index is 646. The van der Waals surface area contributed by atoms with Crippen LogP contribution in [-0.2, 0) is 16.2 Å². The molecule has 0 amide bonds. The van der Waals surface area contributed by atoms with E-state index < -0.39 is 38.5 Å². The van der Waals surface area contributed by atoms with E-state index in [-0.39, 0.29) is 5.92 Å². The number of hydrogen-bond donors (Lipinski definition) is 2. The Morgan fingerprint density at radius 1 is 1.32 bits per heavy atom. The number of hydrogen-bond acceptors (Lipinski definition) is 3. The highest BCUT2D eigenvalue weighted by Gasteiger charge is 2.34. The molecular weight excluding hydrogens is 324 g/mol. The van der Waals surface area contributed by atoms with Gasteiger partial charge in [-0.2, -0.15) is 13.2 Å². The number of halogens is 4. The SMILES string of the molecule is CC1CCNCC1NS(=O)(=O)c1cc(C(F)(F)F)ccc1F. The maximum absolute atomic E-state index is 13.7. The molecule has 124 valence electrons. The standard InChI is InChI=1S/C13H16F4N2O2S/c1-8-4-5-18-7-11(8)19-22(20,21)12-6-9(13(15,16)17)2-3-10(12)14/h2-3,6,8,11,18-19H,4-5,7H2,1H3. The van der Waals surface area contributed by atoms with Gasteiger partial charge in [0.1, 0.15) is 10.7 Å². The Morgan fingerprint density at radius 3 is 2.59 bits per heavy atom. The van der Waals surface area contributed by atoms with Crippen molar-refractivity contribution in [2.45, 2.75) is 30.5 Å². The minimum absolute atomic E-state index is 0.00452. The first-order valence-corrected chi connectivity index (χ1v) is 8.19. The predicted octanol–water partition coefficient (Wildman–Crippen LogP) is 2.12. The summed E-state index contributed by atoms with van der Waals surface area (Å²) < 4.78 is 78.4. The highest BCUT2D eigenvalue weighted by atomic mass is 32.2. The van der Waals surface area contributed by atoms with Crippen molar-refractivity contribution in [1.82, 2.24) is 10.0 Å². The summed E-state index contributed by atoms with van der Waals surface area (Å²) in [6, 6.07) is 0.852. The molecule has 0 saturated carbocycles. The predicted molar refractivity (Wildman–Crippen MR) is 72.2 cm³/mol. The average molecular weight is 340 g/mol. The molecule has 1 saturated heterocycles. The molecule has 2 atom stereocenters. The monoisotopic (exact) mass is 340 g/mol. The molecule has 9 heteroatoms. The fourth-order valence-corrected chi connectivity index (χ4v) is 3.74. The molecule has 1 heterocycles. The van der Waals surface area contributed by atoms with Gasteiger partial charge in [0, 0.05) is 12.6 Å².